The number of carbonyl (C=O) groups is 2. The van der Waals surface area contributed by atoms with Gasteiger partial charge in [0.05, 0.1) is 7.11 Å². The van der Waals surface area contributed by atoms with Crippen molar-refractivity contribution in [1.82, 2.24) is 5.32 Å². The molecule has 0 unspecified atom stereocenters. The van der Waals surface area contributed by atoms with Crippen LogP contribution in [-0.4, -0.2) is 31.3 Å². The molecule has 0 saturated heterocycles. The van der Waals surface area contributed by atoms with Crippen LogP contribution in [0.25, 0.3) is 0 Å². The summed E-state index contributed by atoms with van der Waals surface area (Å²) in [7, 11) is 1.41. The van der Waals surface area contributed by atoms with Gasteiger partial charge in [0, 0.05) is 13.0 Å². The average Bonchev–Trinajstić information content (AvgIpc) is 2.71. The molecule has 0 spiro atoms. The first-order valence-corrected chi connectivity index (χ1v) is 6.85. The molecule has 1 rings (SSSR count). The van der Waals surface area contributed by atoms with Crippen molar-refractivity contribution < 1.29 is 19.1 Å². The Labute approximate surface area is 115 Å². The molecule has 0 aromatic carbocycles. The molecule has 5 nitrogen and oxygen atoms in total. The van der Waals surface area contributed by atoms with Crippen LogP contribution in [0, 0.1) is 11.8 Å². The zero-order valence-electron chi connectivity index (χ0n) is 12.3. The Morgan fingerprint density at radius 3 is 2.42 bits per heavy atom. The van der Waals surface area contributed by atoms with Crippen LogP contribution >= 0.6 is 0 Å². The highest BCUT2D eigenvalue weighted by atomic mass is 16.6. The van der Waals surface area contributed by atoms with Crippen LogP contribution < -0.4 is 5.32 Å². The molecular formula is C14H25NO4. The van der Waals surface area contributed by atoms with Crippen molar-refractivity contribution in [2.75, 3.05) is 13.7 Å². The fourth-order valence-corrected chi connectivity index (χ4v) is 2.48. The number of esters is 1. The standard InChI is InChI=1S/C14H25NO4/c1-14(2,3)19-13(17)15-9-11-7-5-6-10(11)8-12(16)18-4/h10-11H,5-9H2,1-4H3,(H,15,17)/t10-,11+/m1/s1. The first kappa shape index (κ1) is 15.8. The highest BCUT2D eigenvalue weighted by Gasteiger charge is 2.30. The zero-order chi connectivity index (χ0) is 14.5. The lowest BCUT2D eigenvalue weighted by Gasteiger charge is -2.22. The molecule has 0 aliphatic heterocycles. The molecule has 0 heterocycles. The van der Waals surface area contributed by atoms with Gasteiger partial charge in [-0.2, -0.15) is 0 Å². The summed E-state index contributed by atoms with van der Waals surface area (Å²) in [4.78, 5) is 22.9. The predicted molar refractivity (Wildman–Crippen MR) is 71.7 cm³/mol. The molecule has 1 aliphatic carbocycles. The monoisotopic (exact) mass is 271 g/mol. The Hall–Kier alpha value is -1.26. The fourth-order valence-electron chi connectivity index (χ4n) is 2.48. The second-order valence-corrected chi connectivity index (χ2v) is 6.11. The molecule has 1 fully saturated rings. The van der Waals surface area contributed by atoms with E-state index in [4.69, 9.17) is 9.47 Å². The third-order valence-corrected chi connectivity index (χ3v) is 3.38. The molecule has 2 atom stereocenters. The quantitative estimate of drug-likeness (QED) is 0.798. The average molecular weight is 271 g/mol. The Kier molecular flexibility index (Phi) is 5.63. The van der Waals surface area contributed by atoms with E-state index in [9.17, 15) is 9.59 Å². The van der Waals surface area contributed by atoms with Crippen LogP contribution in [0.3, 0.4) is 0 Å². The molecule has 19 heavy (non-hydrogen) atoms. The zero-order valence-corrected chi connectivity index (χ0v) is 12.3. The van der Waals surface area contributed by atoms with Crippen LogP contribution in [0.15, 0.2) is 0 Å². The molecule has 0 bridgehead atoms. The largest absolute Gasteiger partial charge is 0.469 e. The highest BCUT2D eigenvalue weighted by molar-refractivity contribution is 5.69. The first-order valence-electron chi connectivity index (χ1n) is 6.85. The van der Waals surface area contributed by atoms with E-state index in [1.165, 1.54) is 7.11 Å². The fraction of sp³-hybridized carbons (Fsp3) is 0.857. The second kappa shape index (κ2) is 6.78. The third kappa shape index (κ3) is 5.94. The van der Waals surface area contributed by atoms with Gasteiger partial charge in [-0.05, 0) is 45.4 Å². The van der Waals surface area contributed by atoms with E-state index in [-0.39, 0.29) is 5.97 Å². The smallest absolute Gasteiger partial charge is 0.407 e. The van der Waals surface area contributed by atoms with Crippen molar-refractivity contribution in [2.45, 2.75) is 52.1 Å². The van der Waals surface area contributed by atoms with Crippen molar-refractivity contribution in [3.63, 3.8) is 0 Å². The molecule has 1 saturated carbocycles. The minimum absolute atomic E-state index is 0.172. The summed E-state index contributed by atoms with van der Waals surface area (Å²) in [6.07, 6.45) is 3.21. The molecule has 110 valence electrons. The maximum atomic E-state index is 11.6. The molecule has 5 heteroatoms. The van der Waals surface area contributed by atoms with Gasteiger partial charge in [-0.3, -0.25) is 4.79 Å². The topological polar surface area (TPSA) is 64.6 Å². The SMILES string of the molecule is COC(=O)C[C@H]1CCC[C@H]1CNC(=O)OC(C)(C)C. The Morgan fingerprint density at radius 2 is 1.84 bits per heavy atom. The van der Waals surface area contributed by atoms with Gasteiger partial charge in [0.1, 0.15) is 5.60 Å². The predicted octanol–water partition coefficient (Wildman–Crippen LogP) is 2.49. The maximum absolute atomic E-state index is 11.6. The van der Waals surface area contributed by atoms with E-state index in [0.717, 1.165) is 19.3 Å². The Morgan fingerprint density at radius 1 is 1.21 bits per heavy atom. The van der Waals surface area contributed by atoms with Gasteiger partial charge in [0.15, 0.2) is 0 Å². The first-order chi connectivity index (χ1) is 8.81. The van der Waals surface area contributed by atoms with Crippen LogP contribution in [0.4, 0.5) is 4.79 Å². The molecule has 0 radical (unpaired) electrons. The van der Waals surface area contributed by atoms with E-state index in [1.807, 2.05) is 20.8 Å². The van der Waals surface area contributed by atoms with Gasteiger partial charge in [-0.15, -0.1) is 0 Å². The molecule has 1 amide bonds. The Bertz CT molecular complexity index is 322. The summed E-state index contributed by atoms with van der Waals surface area (Å²) < 4.78 is 9.89. The molecule has 1 N–H and O–H groups in total. The summed E-state index contributed by atoms with van der Waals surface area (Å²) in [5.74, 6) is 0.475. The number of methoxy groups -OCH3 is 1. The van der Waals surface area contributed by atoms with Gasteiger partial charge in [-0.25, -0.2) is 4.79 Å². The normalized spacial score (nSPS) is 22.9. The number of alkyl carbamates (subject to hydrolysis) is 1. The summed E-state index contributed by atoms with van der Waals surface area (Å²) >= 11 is 0. The number of hydrogen-bond acceptors (Lipinski definition) is 4. The van der Waals surface area contributed by atoms with Crippen molar-refractivity contribution in [3.05, 3.63) is 0 Å². The number of rotatable bonds is 4. The summed E-state index contributed by atoms with van der Waals surface area (Å²) in [5, 5.41) is 2.79. The van der Waals surface area contributed by atoms with Crippen LogP contribution in [0.5, 0.6) is 0 Å². The van der Waals surface area contributed by atoms with Crippen LogP contribution in [0.1, 0.15) is 46.5 Å². The van der Waals surface area contributed by atoms with E-state index in [1.54, 1.807) is 0 Å². The summed E-state index contributed by atoms with van der Waals surface area (Å²) in [5.41, 5.74) is -0.481. The third-order valence-electron chi connectivity index (χ3n) is 3.38. The number of nitrogens with one attached hydrogen (secondary N) is 1. The maximum Gasteiger partial charge on any atom is 0.407 e. The van der Waals surface area contributed by atoms with Gasteiger partial charge in [0.2, 0.25) is 0 Å². The van der Waals surface area contributed by atoms with Crippen molar-refractivity contribution >= 4 is 12.1 Å². The lowest BCUT2D eigenvalue weighted by atomic mass is 9.93. The Balaban J connectivity index is 2.35. The van der Waals surface area contributed by atoms with Gasteiger partial charge >= 0.3 is 12.1 Å². The molecule has 0 aromatic rings. The second-order valence-electron chi connectivity index (χ2n) is 6.11. The van der Waals surface area contributed by atoms with E-state index in [2.05, 4.69) is 5.32 Å². The van der Waals surface area contributed by atoms with E-state index in [0.29, 0.717) is 24.8 Å². The molecule has 1 aliphatic rings. The van der Waals surface area contributed by atoms with Crippen LogP contribution in [-0.2, 0) is 14.3 Å². The lowest BCUT2D eigenvalue weighted by molar-refractivity contribution is -0.142. The highest BCUT2D eigenvalue weighted by Crippen LogP contribution is 2.33. The number of hydrogen-bond donors (Lipinski definition) is 1. The van der Waals surface area contributed by atoms with Gasteiger partial charge in [0.25, 0.3) is 0 Å². The molecular weight excluding hydrogens is 246 g/mol. The summed E-state index contributed by atoms with van der Waals surface area (Å²) in [6.45, 7) is 6.07. The lowest BCUT2D eigenvalue weighted by Crippen LogP contribution is -2.36. The number of carbonyl (C=O) groups excluding carboxylic acids is 2. The van der Waals surface area contributed by atoms with Crippen LogP contribution in [0.2, 0.25) is 0 Å². The minimum atomic E-state index is -0.481. The van der Waals surface area contributed by atoms with Crippen molar-refractivity contribution in [3.8, 4) is 0 Å². The summed E-state index contributed by atoms with van der Waals surface area (Å²) in [6, 6.07) is 0. The minimum Gasteiger partial charge on any atom is -0.469 e. The number of amides is 1. The van der Waals surface area contributed by atoms with Gasteiger partial charge in [-0.1, -0.05) is 6.42 Å². The van der Waals surface area contributed by atoms with Crippen molar-refractivity contribution in [2.24, 2.45) is 11.8 Å². The van der Waals surface area contributed by atoms with Gasteiger partial charge < -0.3 is 14.8 Å². The van der Waals surface area contributed by atoms with E-state index >= 15 is 0 Å². The molecule has 0 aromatic heterocycles. The van der Waals surface area contributed by atoms with Crippen molar-refractivity contribution in [1.29, 1.82) is 0 Å². The van der Waals surface area contributed by atoms with E-state index < -0.39 is 11.7 Å². The number of ether oxygens (including phenoxy) is 2.